The molecule has 0 saturated carbocycles. The van der Waals surface area contributed by atoms with E-state index in [0.29, 0.717) is 6.54 Å². The van der Waals surface area contributed by atoms with Crippen molar-refractivity contribution in [1.82, 2.24) is 5.32 Å². The molecule has 1 atom stereocenters. The van der Waals surface area contributed by atoms with Crippen molar-refractivity contribution in [1.29, 1.82) is 5.26 Å². The Morgan fingerprint density at radius 2 is 2.41 bits per heavy atom. The molecular weight excluding hydrogens is 214 g/mol. The van der Waals surface area contributed by atoms with E-state index in [0.717, 1.165) is 18.5 Å². The van der Waals surface area contributed by atoms with E-state index in [1.165, 1.54) is 11.3 Å². The lowest BCUT2D eigenvalue weighted by atomic mass is 10.0. The Hall–Kier alpha value is -1.57. The van der Waals surface area contributed by atoms with Crippen molar-refractivity contribution in [3.05, 3.63) is 29.3 Å². The first-order chi connectivity index (χ1) is 8.26. The first-order valence-electron chi connectivity index (χ1n) is 5.84. The van der Waals surface area contributed by atoms with E-state index >= 15 is 0 Å². The largest absolute Gasteiger partial charge is 0.395 e. The molecule has 1 aromatic carbocycles. The number of rotatable bonds is 4. The monoisotopic (exact) mass is 231 g/mol. The molecule has 0 amide bonds. The van der Waals surface area contributed by atoms with E-state index in [1.807, 2.05) is 6.07 Å². The summed E-state index contributed by atoms with van der Waals surface area (Å²) in [5, 5.41) is 20.9. The fourth-order valence-electron chi connectivity index (χ4n) is 2.21. The van der Waals surface area contributed by atoms with E-state index in [1.54, 1.807) is 0 Å². The van der Waals surface area contributed by atoms with Crippen LogP contribution in [0.3, 0.4) is 0 Å². The number of hydrogen-bond acceptors (Lipinski definition) is 4. The third kappa shape index (κ3) is 2.41. The molecule has 1 aliphatic heterocycles. The van der Waals surface area contributed by atoms with Gasteiger partial charge in [0.05, 0.1) is 12.7 Å². The summed E-state index contributed by atoms with van der Waals surface area (Å²) in [7, 11) is 2.08. The van der Waals surface area contributed by atoms with Crippen LogP contribution in [0, 0.1) is 11.3 Å². The van der Waals surface area contributed by atoms with Gasteiger partial charge in [-0.15, -0.1) is 0 Å². The van der Waals surface area contributed by atoms with Crippen LogP contribution in [0.15, 0.2) is 18.2 Å². The van der Waals surface area contributed by atoms with Gasteiger partial charge in [-0.05, 0) is 23.6 Å². The van der Waals surface area contributed by atoms with E-state index < -0.39 is 0 Å². The molecule has 90 valence electrons. The Bertz CT molecular complexity index is 439. The second kappa shape index (κ2) is 5.17. The molecule has 0 radical (unpaired) electrons. The van der Waals surface area contributed by atoms with E-state index in [2.05, 4.69) is 35.5 Å². The highest BCUT2D eigenvalue weighted by molar-refractivity contribution is 5.59. The van der Waals surface area contributed by atoms with Gasteiger partial charge in [0.2, 0.25) is 0 Å². The first kappa shape index (κ1) is 11.9. The van der Waals surface area contributed by atoms with Gasteiger partial charge in [-0.1, -0.05) is 12.1 Å². The van der Waals surface area contributed by atoms with Gasteiger partial charge in [-0.2, -0.15) is 5.26 Å². The highest BCUT2D eigenvalue weighted by Crippen LogP contribution is 2.29. The number of likely N-dealkylation sites (N-methyl/N-ethyl adjacent to an activating group) is 1. The Labute approximate surface area is 101 Å². The first-order valence-corrected chi connectivity index (χ1v) is 5.84. The second-order valence-electron chi connectivity index (χ2n) is 4.30. The van der Waals surface area contributed by atoms with Crippen molar-refractivity contribution < 1.29 is 5.11 Å². The van der Waals surface area contributed by atoms with Crippen molar-refractivity contribution in [2.24, 2.45) is 0 Å². The summed E-state index contributed by atoms with van der Waals surface area (Å²) in [6.07, 6.45) is 1.04. The Balaban J connectivity index is 2.19. The average molecular weight is 231 g/mol. The predicted octanol–water partition coefficient (Wildman–Crippen LogP) is 0.825. The molecule has 0 spiro atoms. The molecule has 4 heteroatoms. The lowest BCUT2D eigenvalue weighted by Crippen LogP contribution is -2.23. The van der Waals surface area contributed by atoms with Crippen molar-refractivity contribution in [2.75, 3.05) is 31.6 Å². The van der Waals surface area contributed by atoms with Crippen LogP contribution in [-0.4, -0.2) is 31.9 Å². The number of nitriles is 1. The van der Waals surface area contributed by atoms with Crippen LogP contribution in [0.5, 0.6) is 0 Å². The number of aliphatic hydroxyl groups is 1. The number of aliphatic hydroxyl groups excluding tert-OH is 1. The fourth-order valence-corrected chi connectivity index (χ4v) is 2.21. The van der Waals surface area contributed by atoms with E-state index in [4.69, 9.17) is 10.4 Å². The topological polar surface area (TPSA) is 59.3 Å². The lowest BCUT2D eigenvalue weighted by molar-refractivity contribution is 0.289. The van der Waals surface area contributed by atoms with Crippen LogP contribution in [0.4, 0.5) is 5.69 Å². The quantitative estimate of drug-likeness (QED) is 0.805. The molecule has 0 saturated heterocycles. The fraction of sp³-hybridized carbons (Fsp3) is 0.462. The van der Waals surface area contributed by atoms with Crippen LogP contribution in [0.2, 0.25) is 0 Å². The van der Waals surface area contributed by atoms with Crippen LogP contribution in [0.1, 0.15) is 17.2 Å². The maximum Gasteiger partial charge on any atom is 0.121 e. The standard InChI is InChI=1S/C13H17N3O/c1-16-6-4-11-8-10(2-3-13(11)16)12(9-14)15-5-7-17/h2-3,8,12,15,17H,4-7H2,1H3. The maximum absolute atomic E-state index is 9.10. The summed E-state index contributed by atoms with van der Waals surface area (Å²) in [4.78, 5) is 2.22. The van der Waals surface area contributed by atoms with E-state index in [9.17, 15) is 0 Å². The van der Waals surface area contributed by atoms with Gasteiger partial charge in [-0.3, -0.25) is 5.32 Å². The third-order valence-corrected chi connectivity index (χ3v) is 3.15. The van der Waals surface area contributed by atoms with Crippen molar-refractivity contribution >= 4 is 5.69 Å². The summed E-state index contributed by atoms with van der Waals surface area (Å²) in [5.41, 5.74) is 3.54. The van der Waals surface area contributed by atoms with Gasteiger partial charge in [0.25, 0.3) is 0 Å². The molecule has 4 nitrogen and oxygen atoms in total. The maximum atomic E-state index is 9.10. The molecule has 0 fully saturated rings. The third-order valence-electron chi connectivity index (χ3n) is 3.15. The predicted molar refractivity (Wildman–Crippen MR) is 66.9 cm³/mol. The van der Waals surface area contributed by atoms with Crippen LogP contribution in [-0.2, 0) is 6.42 Å². The van der Waals surface area contributed by atoms with Crippen LogP contribution in [0.25, 0.3) is 0 Å². The van der Waals surface area contributed by atoms with Crippen molar-refractivity contribution in [3.8, 4) is 6.07 Å². The van der Waals surface area contributed by atoms with E-state index in [-0.39, 0.29) is 12.6 Å². The Morgan fingerprint density at radius 3 is 3.12 bits per heavy atom. The summed E-state index contributed by atoms with van der Waals surface area (Å²) in [6.45, 7) is 1.53. The number of hydrogen-bond donors (Lipinski definition) is 2. The van der Waals surface area contributed by atoms with Gasteiger partial charge in [-0.25, -0.2) is 0 Å². The summed E-state index contributed by atoms with van der Waals surface area (Å²) in [5.74, 6) is 0. The molecular formula is C13H17N3O. The van der Waals surface area contributed by atoms with Crippen molar-refractivity contribution in [2.45, 2.75) is 12.5 Å². The SMILES string of the molecule is CN1CCc2cc(C(C#N)NCCO)ccc21. The molecule has 1 unspecified atom stereocenters. The minimum atomic E-state index is -0.335. The van der Waals surface area contributed by atoms with Gasteiger partial charge in [0, 0.05) is 25.8 Å². The highest BCUT2D eigenvalue weighted by Gasteiger charge is 2.18. The molecule has 2 N–H and O–H groups in total. The number of nitrogens with zero attached hydrogens (tertiary/aromatic N) is 2. The van der Waals surface area contributed by atoms with Gasteiger partial charge in [0.15, 0.2) is 0 Å². The normalized spacial score (nSPS) is 15.5. The second-order valence-corrected chi connectivity index (χ2v) is 4.30. The molecule has 2 rings (SSSR count). The molecule has 1 aromatic rings. The van der Waals surface area contributed by atoms with Crippen LogP contribution < -0.4 is 10.2 Å². The summed E-state index contributed by atoms with van der Waals surface area (Å²) in [6, 6.07) is 8.04. The van der Waals surface area contributed by atoms with Gasteiger partial charge < -0.3 is 10.0 Å². The molecule has 1 heterocycles. The number of anilines is 1. The Kier molecular flexibility index (Phi) is 3.62. The number of benzene rings is 1. The van der Waals surface area contributed by atoms with Crippen molar-refractivity contribution in [3.63, 3.8) is 0 Å². The number of fused-ring (bicyclic) bond motifs is 1. The summed E-state index contributed by atoms with van der Waals surface area (Å²) < 4.78 is 0. The van der Waals surface area contributed by atoms with Gasteiger partial charge in [0.1, 0.15) is 6.04 Å². The zero-order valence-electron chi connectivity index (χ0n) is 9.98. The zero-order valence-corrected chi connectivity index (χ0v) is 9.98. The molecule has 0 aromatic heterocycles. The molecule has 17 heavy (non-hydrogen) atoms. The average Bonchev–Trinajstić information content (AvgIpc) is 2.72. The summed E-state index contributed by atoms with van der Waals surface area (Å²) >= 11 is 0. The highest BCUT2D eigenvalue weighted by atomic mass is 16.3. The minimum Gasteiger partial charge on any atom is -0.395 e. The smallest absolute Gasteiger partial charge is 0.121 e. The minimum absolute atomic E-state index is 0.0475. The Morgan fingerprint density at radius 1 is 1.59 bits per heavy atom. The molecule has 0 aliphatic carbocycles. The zero-order chi connectivity index (χ0) is 12.3. The lowest BCUT2D eigenvalue weighted by Gasteiger charge is -2.14. The number of nitrogens with one attached hydrogen (secondary N) is 1. The van der Waals surface area contributed by atoms with Crippen LogP contribution >= 0.6 is 0 Å². The molecule has 0 bridgehead atoms. The van der Waals surface area contributed by atoms with Gasteiger partial charge >= 0.3 is 0 Å². The molecule has 1 aliphatic rings.